The van der Waals surface area contributed by atoms with Crippen LogP contribution in [0.4, 0.5) is 22.1 Å². The van der Waals surface area contributed by atoms with E-state index in [1.54, 1.807) is 10.9 Å². The number of rotatable bonds is 8. The van der Waals surface area contributed by atoms with Gasteiger partial charge in [-0.05, 0) is 17.2 Å². The van der Waals surface area contributed by atoms with Gasteiger partial charge in [-0.2, -0.15) is 14.8 Å². The Kier molecular flexibility index (Phi) is 5.68. The third kappa shape index (κ3) is 5.15. The molecule has 4 rings (SSSR count). The maximum Gasteiger partial charge on any atom is 0.251 e. The summed E-state index contributed by atoms with van der Waals surface area (Å²) in [7, 11) is -1.72. The SMILES string of the molecule is Cn1cc(-c2cccc(CNc3nc(Nc4nncn4NS(C)(=O)=O)ncc3F)c2)cn1. The third-order valence-electron chi connectivity index (χ3n) is 4.20. The number of hydrogen-bond acceptors (Lipinski definition) is 9. The van der Waals surface area contributed by atoms with Crippen molar-refractivity contribution in [1.29, 1.82) is 0 Å². The summed E-state index contributed by atoms with van der Waals surface area (Å²) in [6, 6.07) is 7.75. The van der Waals surface area contributed by atoms with E-state index < -0.39 is 15.8 Å². The lowest BCUT2D eigenvalue weighted by atomic mass is 10.1. The van der Waals surface area contributed by atoms with Gasteiger partial charge in [0, 0.05) is 25.4 Å². The molecule has 12 nitrogen and oxygen atoms in total. The van der Waals surface area contributed by atoms with E-state index in [1.807, 2.05) is 37.5 Å². The van der Waals surface area contributed by atoms with Gasteiger partial charge in [0.05, 0.1) is 18.6 Å². The molecular formula is C18H19FN10O2S. The van der Waals surface area contributed by atoms with Gasteiger partial charge < -0.3 is 5.32 Å². The molecule has 3 aromatic heterocycles. The van der Waals surface area contributed by atoms with E-state index in [4.69, 9.17) is 0 Å². The summed E-state index contributed by atoms with van der Waals surface area (Å²) >= 11 is 0. The largest absolute Gasteiger partial charge is 0.363 e. The number of aryl methyl sites for hydroxylation is 1. The molecule has 3 heterocycles. The van der Waals surface area contributed by atoms with Gasteiger partial charge in [0.25, 0.3) is 5.95 Å². The van der Waals surface area contributed by atoms with Crippen LogP contribution in [-0.4, -0.2) is 49.3 Å². The Balaban J connectivity index is 1.48. The number of nitrogens with one attached hydrogen (secondary N) is 3. The second kappa shape index (κ2) is 8.58. The van der Waals surface area contributed by atoms with Crippen LogP contribution in [0, 0.1) is 5.82 Å². The molecule has 0 bridgehead atoms. The lowest BCUT2D eigenvalue weighted by molar-refractivity contribution is 0.601. The molecule has 0 aliphatic heterocycles. The molecule has 166 valence electrons. The highest BCUT2D eigenvalue weighted by molar-refractivity contribution is 7.91. The summed E-state index contributed by atoms with van der Waals surface area (Å²) in [4.78, 5) is 10.2. The van der Waals surface area contributed by atoms with Crippen LogP contribution in [0.1, 0.15) is 5.56 Å². The normalized spacial score (nSPS) is 11.3. The Morgan fingerprint density at radius 1 is 1.19 bits per heavy atom. The number of aromatic nitrogens is 7. The monoisotopic (exact) mass is 458 g/mol. The summed E-state index contributed by atoms with van der Waals surface area (Å²) in [5, 5.41) is 17.2. The first-order chi connectivity index (χ1) is 15.3. The Bertz CT molecular complexity index is 1350. The van der Waals surface area contributed by atoms with E-state index >= 15 is 0 Å². The number of nitrogens with zero attached hydrogens (tertiary/aromatic N) is 7. The molecule has 0 aliphatic rings. The molecule has 0 unspecified atom stereocenters. The lowest BCUT2D eigenvalue weighted by Gasteiger charge is -2.11. The molecule has 0 aliphatic carbocycles. The fourth-order valence-electron chi connectivity index (χ4n) is 2.83. The smallest absolute Gasteiger partial charge is 0.251 e. The van der Waals surface area contributed by atoms with Crippen LogP contribution < -0.4 is 15.5 Å². The van der Waals surface area contributed by atoms with Gasteiger partial charge in [0.1, 0.15) is 6.33 Å². The van der Waals surface area contributed by atoms with Gasteiger partial charge in [-0.3, -0.25) is 10.00 Å². The van der Waals surface area contributed by atoms with Crippen LogP contribution >= 0.6 is 0 Å². The van der Waals surface area contributed by atoms with Crippen molar-refractivity contribution < 1.29 is 12.8 Å². The maximum absolute atomic E-state index is 14.2. The minimum atomic E-state index is -3.56. The van der Waals surface area contributed by atoms with E-state index in [1.165, 1.54) is 0 Å². The van der Waals surface area contributed by atoms with Gasteiger partial charge in [-0.1, -0.05) is 18.2 Å². The van der Waals surface area contributed by atoms with Crippen LogP contribution in [0.3, 0.4) is 0 Å². The molecule has 32 heavy (non-hydrogen) atoms. The van der Waals surface area contributed by atoms with Crippen LogP contribution in [0.15, 0.2) is 49.2 Å². The van der Waals surface area contributed by atoms with Gasteiger partial charge in [0.2, 0.25) is 16.0 Å². The summed E-state index contributed by atoms with van der Waals surface area (Å²) in [6.45, 7) is 0.313. The highest BCUT2D eigenvalue weighted by Crippen LogP contribution is 2.21. The molecular weight excluding hydrogens is 439 g/mol. The third-order valence-corrected chi connectivity index (χ3v) is 4.73. The van der Waals surface area contributed by atoms with Crippen molar-refractivity contribution in [1.82, 2.24) is 34.6 Å². The van der Waals surface area contributed by atoms with Crippen molar-refractivity contribution in [3.8, 4) is 11.1 Å². The molecule has 3 N–H and O–H groups in total. The van der Waals surface area contributed by atoms with E-state index in [9.17, 15) is 12.8 Å². The highest BCUT2D eigenvalue weighted by atomic mass is 32.2. The number of sulfonamides is 1. The van der Waals surface area contributed by atoms with Gasteiger partial charge in [-0.15, -0.1) is 10.2 Å². The first kappa shape index (κ1) is 21.2. The molecule has 0 saturated heterocycles. The standard InChI is InChI=1S/C18H19FN10O2S/c1-28-10-14(8-23-28)13-5-3-4-12(6-13)7-20-16-15(19)9-21-17(24-16)25-18-26-22-11-29(18)27-32(2,30)31/h3-6,8-11,27H,7H2,1-2H3,(H2,20,21,24,25,26). The van der Waals surface area contributed by atoms with E-state index in [0.717, 1.165) is 40.1 Å². The zero-order chi connectivity index (χ0) is 22.7. The maximum atomic E-state index is 14.2. The van der Waals surface area contributed by atoms with Crippen molar-refractivity contribution in [2.75, 3.05) is 21.7 Å². The molecule has 1 aromatic carbocycles. The van der Waals surface area contributed by atoms with Crippen molar-refractivity contribution in [2.24, 2.45) is 7.05 Å². The highest BCUT2D eigenvalue weighted by Gasteiger charge is 2.12. The molecule has 0 atom stereocenters. The van der Waals surface area contributed by atoms with Gasteiger partial charge in [-0.25, -0.2) is 22.6 Å². The Labute approximate surface area is 182 Å². The summed E-state index contributed by atoms with van der Waals surface area (Å²) in [5.74, 6) is -0.661. The topological polar surface area (TPSA) is 145 Å². The Hall–Kier alpha value is -4.07. The fourth-order valence-corrected chi connectivity index (χ4v) is 3.32. The zero-order valence-corrected chi connectivity index (χ0v) is 17.9. The fraction of sp³-hybridized carbons (Fsp3) is 0.167. The lowest BCUT2D eigenvalue weighted by Crippen LogP contribution is -2.22. The van der Waals surface area contributed by atoms with E-state index in [0.29, 0.717) is 6.54 Å². The average Bonchev–Trinajstić information content (AvgIpc) is 3.36. The minimum absolute atomic E-state index is 0.00237. The molecule has 4 aromatic rings. The van der Waals surface area contributed by atoms with Crippen molar-refractivity contribution >= 4 is 27.7 Å². The van der Waals surface area contributed by atoms with E-state index in [2.05, 4.69) is 40.7 Å². The Morgan fingerprint density at radius 2 is 2.03 bits per heavy atom. The number of hydrogen-bond donors (Lipinski definition) is 3. The summed E-state index contributed by atoms with van der Waals surface area (Å²) in [6.07, 6.45) is 6.81. The zero-order valence-electron chi connectivity index (χ0n) is 17.1. The van der Waals surface area contributed by atoms with Crippen molar-refractivity contribution in [3.05, 3.63) is 60.6 Å². The molecule has 0 spiro atoms. The molecule has 0 saturated carbocycles. The van der Waals surface area contributed by atoms with E-state index in [-0.39, 0.29) is 17.7 Å². The van der Waals surface area contributed by atoms with Gasteiger partial charge in [0.15, 0.2) is 11.6 Å². The van der Waals surface area contributed by atoms with Crippen LogP contribution in [0.5, 0.6) is 0 Å². The van der Waals surface area contributed by atoms with Crippen LogP contribution in [-0.2, 0) is 23.6 Å². The quantitative estimate of drug-likeness (QED) is 0.357. The molecule has 0 radical (unpaired) electrons. The molecule has 14 heteroatoms. The van der Waals surface area contributed by atoms with Crippen molar-refractivity contribution in [3.63, 3.8) is 0 Å². The van der Waals surface area contributed by atoms with Crippen LogP contribution in [0.25, 0.3) is 11.1 Å². The molecule has 0 amide bonds. The minimum Gasteiger partial charge on any atom is -0.363 e. The molecule has 0 fully saturated rings. The second-order valence-electron chi connectivity index (χ2n) is 6.86. The summed E-state index contributed by atoms with van der Waals surface area (Å²) < 4.78 is 39.9. The number of anilines is 3. The predicted molar refractivity (Wildman–Crippen MR) is 115 cm³/mol. The second-order valence-corrected chi connectivity index (χ2v) is 8.59. The van der Waals surface area contributed by atoms with Gasteiger partial charge >= 0.3 is 0 Å². The number of halogens is 1. The summed E-state index contributed by atoms with van der Waals surface area (Å²) in [5.41, 5.74) is 2.87. The number of benzene rings is 1. The predicted octanol–water partition coefficient (Wildman–Crippen LogP) is 1.47. The first-order valence-electron chi connectivity index (χ1n) is 9.26. The van der Waals surface area contributed by atoms with Crippen LogP contribution in [0.2, 0.25) is 0 Å². The Morgan fingerprint density at radius 3 is 2.78 bits per heavy atom. The van der Waals surface area contributed by atoms with Crippen molar-refractivity contribution in [2.45, 2.75) is 6.54 Å². The average molecular weight is 458 g/mol. The first-order valence-corrected chi connectivity index (χ1v) is 11.2.